The average molecular weight is 288 g/mol. The van der Waals surface area contributed by atoms with Gasteiger partial charge in [-0.1, -0.05) is 44.9 Å². The van der Waals surface area contributed by atoms with Crippen LogP contribution in [0.1, 0.15) is 70.9 Å². The van der Waals surface area contributed by atoms with Gasteiger partial charge in [0.15, 0.2) is 0 Å². The number of hydrogen-bond acceptors (Lipinski definition) is 2. The second-order valence-corrected chi connectivity index (χ2v) is 6.34. The Morgan fingerprint density at radius 2 is 2.00 bits per heavy atom. The smallest absolute Gasteiger partial charge is 0.0417 e. The van der Waals surface area contributed by atoms with Gasteiger partial charge in [0.25, 0.3) is 0 Å². The van der Waals surface area contributed by atoms with Crippen LogP contribution in [0.2, 0.25) is 0 Å². The molecule has 1 aromatic rings. The monoisotopic (exact) mass is 288 g/mol. The molecule has 1 fully saturated rings. The molecule has 1 aliphatic heterocycles. The first kappa shape index (κ1) is 16.4. The van der Waals surface area contributed by atoms with Gasteiger partial charge in [0.05, 0.1) is 0 Å². The normalized spacial score (nSPS) is 21.1. The lowest BCUT2D eigenvalue weighted by atomic mass is 10.0. The van der Waals surface area contributed by atoms with E-state index >= 15 is 0 Å². The summed E-state index contributed by atoms with van der Waals surface area (Å²) in [4.78, 5) is 2.69. The van der Waals surface area contributed by atoms with Crippen molar-refractivity contribution in [2.24, 2.45) is 0 Å². The van der Waals surface area contributed by atoms with Crippen LogP contribution in [0.4, 0.5) is 5.69 Å². The lowest BCUT2D eigenvalue weighted by Crippen LogP contribution is -2.36. The van der Waals surface area contributed by atoms with E-state index in [9.17, 15) is 0 Å². The van der Waals surface area contributed by atoms with E-state index in [-0.39, 0.29) is 0 Å². The molecule has 0 saturated carbocycles. The van der Waals surface area contributed by atoms with E-state index in [1.807, 2.05) is 0 Å². The third-order valence-electron chi connectivity index (χ3n) is 4.76. The van der Waals surface area contributed by atoms with E-state index in [2.05, 4.69) is 55.3 Å². The molecule has 1 aromatic carbocycles. The summed E-state index contributed by atoms with van der Waals surface area (Å²) in [6, 6.07) is 10.2. The van der Waals surface area contributed by atoms with Gasteiger partial charge in [0.2, 0.25) is 0 Å². The highest BCUT2D eigenvalue weighted by Crippen LogP contribution is 2.31. The minimum Gasteiger partial charge on any atom is -0.368 e. The Bertz CT molecular complexity index is 416. The summed E-state index contributed by atoms with van der Waals surface area (Å²) in [5, 5.41) is 3.65. The molecule has 1 heterocycles. The molecule has 0 amide bonds. The van der Waals surface area contributed by atoms with Crippen molar-refractivity contribution in [3.63, 3.8) is 0 Å². The largest absolute Gasteiger partial charge is 0.368 e. The molecule has 118 valence electrons. The highest BCUT2D eigenvalue weighted by molar-refractivity contribution is 5.56. The Hall–Kier alpha value is -1.02. The van der Waals surface area contributed by atoms with Gasteiger partial charge in [0.1, 0.15) is 0 Å². The number of nitrogens with zero attached hydrogens (tertiary/aromatic N) is 1. The summed E-state index contributed by atoms with van der Waals surface area (Å²) in [6.45, 7) is 9.17. The quantitative estimate of drug-likeness (QED) is 0.800. The van der Waals surface area contributed by atoms with Crippen LogP contribution >= 0.6 is 0 Å². The third kappa shape index (κ3) is 4.23. The molecular weight excluding hydrogens is 256 g/mol. The molecule has 21 heavy (non-hydrogen) atoms. The zero-order valence-electron chi connectivity index (χ0n) is 14.1. The van der Waals surface area contributed by atoms with E-state index in [1.54, 1.807) is 0 Å². The fraction of sp³-hybridized carbons (Fsp3) is 0.684. The minimum absolute atomic E-state index is 0.432. The topological polar surface area (TPSA) is 15.3 Å². The van der Waals surface area contributed by atoms with Crippen molar-refractivity contribution < 1.29 is 0 Å². The Morgan fingerprint density at radius 1 is 1.19 bits per heavy atom. The van der Waals surface area contributed by atoms with Gasteiger partial charge in [-0.3, -0.25) is 0 Å². The van der Waals surface area contributed by atoms with Crippen LogP contribution in [0.5, 0.6) is 0 Å². The first-order valence-corrected chi connectivity index (χ1v) is 8.86. The summed E-state index contributed by atoms with van der Waals surface area (Å²) in [5.41, 5.74) is 2.92. The Kier molecular flexibility index (Phi) is 6.56. The summed E-state index contributed by atoms with van der Waals surface area (Å²) < 4.78 is 0. The van der Waals surface area contributed by atoms with Gasteiger partial charge in [0, 0.05) is 24.3 Å². The van der Waals surface area contributed by atoms with Crippen molar-refractivity contribution in [2.75, 3.05) is 18.0 Å². The molecule has 0 aromatic heterocycles. The molecule has 2 nitrogen and oxygen atoms in total. The highest BCUT2D eigenvalue weighted by atomic mass is 15.2. The van der Waals surface area contributed by atoms with Crippen LogP contribution in [0.15, 0.2) is 24.3 Å². The molecule has 2 unspecified atom stereocenters. The predicted octanol–water partition coefficient (Wildman–Crippen LogP) is 4.91. The molecule has 1 aliphatic rings. The summed E-state index contributed by atoms with van der Waals surface area (Å²) in [7, 11) is 0. The lowest BCUT2D eigenvalue weighted by Gasteiger charge is -2.34. The average Bonchev–Trinajstić information content (AvgIpc) is 2.77. The van der Waals surface area contributed by atoms with Crippen LogP contribution in [0, 0.1) is 0 Å². The van der Waals surface area contributed by atoms with Gasteiger partial charge in [-0.2, -0.15) is 0 Å². The number of benzene rings is 1. The van der Waals surface area contributed by atoms with Gasteiger partial charge in [-0.25, -0.2) is 0 Å². The summed E-state index contributed by atoms with van der Waals surface area (Å²) in [5.74, 6) is 0. The fourth-order valence-electron chi connectivity index (χ4n) is 3.51. The number of rotatable bonds is 6. The predicted molar refractivity (Wildman–Crippen MR) is 93.0 cm³/mol. The Morgan fingerprint density at radius 3 is 2.76 bits per heavy atom. The molecule has 0 radical (unpaired) electrons. The molecule has 1 saturated heterocycles. The van der Waals surface area contributed by atoms with Gasteiger partial charge < -0.3 is 10.2 Å². The minimum atomic E-state index is 0.432. The van der Waals surface area contributed by atoms with Gasteiger partial charge in [-0.05, 0) is 50.8 Å². The molecule has 0 aliphatic carbocycles. The number of nitrogens with one attached hydrogen (secondary N) is 1. The second kappa shape index (κ2) is 8.43. The maximum Gasteiger partial charge on any atom is 0.0417 e. The molecule has 0 spiro atoms. The van der Waals surface area contributed by atoms with Crippen molar-refractivity contribution in [1.29, 1.82) is 0 Å². The van der Waals surface area contributed by atoms with Crippen molar-refractivity contribution in [1.82, 2.24) is 5.32 Å². The maximum atomic E-state index is 3.65. The van der Waals surface area contributed by atoms with Crippen molar-refractivity contribution in [3.05, 3.63) is 29.8 Å². The van der Waals surface area contributed by atoms with E-state index in [4.69, 9.17) is 0 Å². The first-order valence-electron chi connectivity index (χ1n) is 8.86. The highest BCUT2D eigenvalue weighted by Gasteiger charge is 2.22. The van der Waals surface area contributed by atoms with Crippen LogP contribution in [-0.2, 0) is 0 Å². The van der Waals surface area contributed by atoms with E-state index in [1.165, 1.54) is 56.3 Å². The number of anilines is 1. The van der Waals surface area contributed by atoms with Crippen molar-refractivity contribution >= 4 is 5.69 Å². The Labute approximate surface area is 130 Å². The molecular formula is C19H32N2. The lowest BCUT2D eigenvalue weighted by molar-refractivity contribution is 0.541. The SMILES string of the molecule is CCCNC(C)c1ccccc1N1CCCCCC1CC. The van der Waals surface area contributed by atoms with Crippen molar-refractivity contribution in [3.8, 4) is 0 Å². The fourth-order valence-corrected chi connectivity index (χ4v) is 3.51. The van der Waals surface area contributed by atoms with Gasteiger partial charge in [-0.15, -0.1) is 0 Å². The summed E-state index contributed by atoms with van der Waals surface area (Å²) in [6.07, 6.45) is 7.90. The number of hydrogen-bond donors (Lipinski definition) is 1. The molecule has 2 heteroatoms. The molecule has 2 rings (SSSR count). The van der Waals surface area contributed by atoms with Gasteiger partial charge >= 0.3 is 0 Å². The zero-order valence-corrected chi connectivity index (χ0v) is 14.1. The molecule has 2 atom stereocenters. The van der Waals surface area contributed by atoms with Crippen LogP contribution < -0.4 is 10.2 Å². The molecule has 1 N–H and O–H groups in total. The van der Waals surface area contributed by atoms with Crippen LogP contribution in [0.3, 0.4) is 0 Å². The van der Waals surface area contributed by atoms with E-state index in [0.717, 1.165) is 6.54 Å². The second-order valence-electron chi connectivity index (χ2n) is 6.34. The van der Waals surface area contributed by atoms with E-state index < -0.39 is 0 Å². The van der Waals surface area contributed by atoms with Crippen molar-refractivity contribution in [2.45, 2.75) is 71.4 Å². The first-order chi connectivity index (χ1) is 10.3. The van der Waals surface area contributed by atoms with Crippen LogP contribution in [0.25, 0.3) is 0 Å². The summed E-state index contributed by atoms with van der Waals surface area (Å²) >= 11 is 0. The molecule has 0 bridgehead atoms. The van der Waals surface area contributed by atoms with E-state index in [0.29, 0.717) is 12.1 Å². The van der Waals surface area contributed by atoms with Crippen LogP contribution in [-0.4, -0.2) is 19.1 Å². The zero-order chi connectivity index (χ0) is 15.1. The third-order valence-corrected chi connectivity index (χ3v) is 4.76. The maximum absolute atomic E-state index is 3.65. The number of para-hydroxylation sites is 1. The standard InChI is InChI=1S/C19H32N2/c1-4-14-20-16(3)18-12-8-9-13-19(18)21-15-10-6-7-11-17(21)5-2/h8-9,12-13,16-17,20H,4-7,10-11,14-15H2,1-3H3. The Balaban J connectivity index is 2.24.